The minimum absolute atomic E-state index is 0.0432. The predicted octanol–water partition coefficient (Wildman–Crippen LogP) is 5.97. The number of ether oxygens (including phenoxy) is 1. The van der Waals surface area contributed by atoms with E-state index in [-0.39, 0.29) is 35.8 Å². The molecule has 1 aliphatic carbocycles. The minimum Gasteiger partial charge on any atom is -0.475 e. The van der Waals surface area contributed by atoms with Crippen LogP contribution in [0.25, 0.3) is 16.3 Å². The molecule has 3 saturated heterocycles. The molecule has 0 saturated carbocycles. The summed E-state index contributed by atoms with van der Waals surface area (Å²) in [6, 6.07) is 12.4. The molecule has 0 bridgehead atoms. The standard InChI is InChI=1S/C37H35ClF2N6O2/c1-2-32(47)46-16-15-44(21-26(46)11-13-41)35-28-9-7-24(27-6-3-5-23-8-10-30(40)34(38)33(23)27)17-31(28)43-36(29(35)19-42)48-22-37-12-4-14-45(37)20-25(39)18-37/h2-3,5-10,17,25-26,28,31H,1,4,11-12,14-16,18,20-22H2/t25?,26-,28?,31?,37-/m0/s1. The van der Waals surface area contributed by atoms with E-state index in [4.69, 9.17) is 21.3 Å². The molecule has 7 rings (SSSR count). The first-order chi connectivity index (χ1) is 23.3. The number of piperazine rings is 1. The molecule has 4 aliphatic heterocycles. The Balaban J connectivity index is 1.29. The number of fused-ring (bicyclic) bond motifs is 3. The second-order valence-electron chi connectivity index (χ2n) is 13.1. The number of carbonyl (C=O) groups excluding carboxylic acids is 1. The summed E-state index contributed by atoms with van der Waals surface area (Å²) in [4.78, 5) is 23.6. The Kier molecular flexibility index (Phi) is 8.57. The number of dihydropyridines is 1. The molecule has 0 spiro atoms. The average Bonchev–Trinajstić information content (AvgIpc) is 3.63. The van der Waals surface area contributed by atoms with Crippen molar-refractivity contribution in [2.24, 2.45) is 10.9 Å². The fraction of sp³-hybridized carbons (Fsp3) is 0.405. The maximum absolute atomic E-state index is 14.6. The van der Waals surface area contributed by atoms with E-state index in [0.29, 0.717) is 49.3 Å². The van der Waals surface area contributed by atoms with Crippen molar-refractivity contribution in [1.29, 1.82) is 10.5 Å². The third kappa shape index (κ3) is 5.47. The molecule has 1 amide bonds. The third-order valence-electron chi connectivity index (χ3n) is 10.5. The number of halogens is 3. The number of amides is 1. The monoisotopic (exact) mass is 668 g/mol. The van der Waals surface area contributed by atoms with E-state index in [1.165, 1.54) is 12.1 Å². The summed E-state index contributed by atoms with van der Waals surface area (Å²) in [5.74, 6) is -0.888. The molecule has 246 valence electrons. The third-order valence-corrected chi connectivity index (χ3v) is 10.8. The van der Waals surface area contributed by atoms with Gasteiger partial charge in [-0.3, -0.25) is 9.69 Å². The second kappa shape index (κ2) is 12.8. The van der Waals surface area contributed by atoms with Gasteiger partial charge >= 0.3 is 0 Å². The van der Waals surface area contributed by atoms with Gasteiger partial charge in [0.25, 0.3) is 0 Å². The van der Waals surface area contributed by atoms with Gasteiger partial charge in [0.05, 0.1) is 35.1 Å². The van der Waals surface area contributed by atoms with Crippen LogP contribution >= 0.6 is 11.6 Å². The first-order valence-corrected chi connectivity index (χ1v) is 16.7. The second-order valence-corrected chi connectivity index (χ2v) is 13.5. The van der Waals surface area contributed by atoms with E-state index in [0.717, 1.165) is 35.9 Å². The molecule has 0 N–H and O–H groups in total. The van der Waals surface area contributed by atoms with Crippen molar-refractivity contribution < 1.29 is 18.3 Å². The number of nitrogens with zero attached hydrogens (tertiary/aromatic N) is 6. The van der Waals surface area contributed by atoms with Crippen LogP contribution in [0.2, 0.25) is 5.02 Å². The molecule has 0 aromatic heterocycles. The molecule has 5 atom stereocenters. The van der Waals surface area contributed by atoms with Crippen LogP contribution in [0.4, 0.5) is 8.78 Å². The van der Waals surface area contributed by atoms with Crippen molar-refractivity contribution in [1.82, 2.24) is 14.7 Å². The van der Waals surface area contributed by atoms with Gasteiger partial charge in [-0.25, -0.2) is 13.8 Å². The van der Waals surface area contributed by atoms with Gasteiger partial charge in [0.15, 0.2) is 0 Å². The molecule has 0 radical (unpaired) electrons. The average molecular weight is 669 g/mol. The molecule has 11 heteroatoms. The van der Waals surface area contributed by atoms with Crippen LogP contribution < -0.4 is 0 Å². The highest BCUT2D eigenvalue weighted by Gasteiger charge is 2.50. The van der Waals surface area contributed by atoms with Crippen molar-refractivity contribution in [3.05, 3.63) is 88.9 Å². The highest BCUT2D eigenvalue weighted by atomic mass is 35.5. The van der Waals surface area contributed by atoms with Gasteiger partial charge in [0, 0.05) is 49.6 Å². The van der Waals surface area contributed by atoms with E-state index in [1.807, 2.05) is 36.4 Å². The Labute approximate surface area is 283 Å². The van der Waals surface area contributed by atoms with E-state index in [1.54, 1.807) is 11.0 Å². The number of rotatable bonds is 6. The lowest BCUT2D eigenvalue weighted by atomic mass is 9.82. The highest BCUT2D eigenvalue weighted by Crippen LogP contribution is 2.43. The van der Waals surface area contributed by atoms with Crippen molar-refractivity contribution in [2.45, 2.75) is 49.5 Å². The van der Waals surface area contributed by atoms with Gasteiger partial charge < -0.3 is 14.5 Å². The zero-order valence-electron chi connectivity index (χ0n) is 26.4. The Morgan fingerprint density at radius 2 is 2.06 bits per heavy atom. The Morgan fingerprint density at radius 1 is 1.21 bits per heavy atom. The topological polar surface area (TPSA) is 96.0 Å². The van der Waals surface area contributed by atoms with Gasteiger partial charge in [-0.05, 0) is 48.1 Å². The molecule has 48 heavy (non-hydrogen) atoms. The molecular formula is C37H35ClF2N6O2. The predicted molar refractivity (Wildman–Crippen MR) is 180 cm³/mol. The van der Waals surface area contributed by atoms with Crippen LogP contribution in [0.3, 0.4) is 0 Å². The summed E-state index contributed by atoms with van der Waals surface area (Å²) < 4.78 is 35.7. The SMILES string of the molecule is C=CC(=O)N1CCN(C2=C(C#N)C(OC[C@@]34CCCN3CC(F)C4)=NC3C=C(c4cccc5ccc(F)c(Cl)c45)C=CC23)C[C@@H]1CC#N. The normalized spacial score (nSPS) is 28.4. The molecule has 2 aromatic carbocycles. The Hall–Kier alpha value is -4.51. The maximum Gasteiger partial charge on any atom is 0.246 e. The number of hydrogen-bond acceptors (Lipinski definition) is 7. The Morgan fingerprint density at radius 3 is 2.85 bits per heavy atom. The van der Waals surface area contributed by atoms with Gasteiger partial charge in [-0.1, -0.05) is 60.7 Å². The number of alkyl halides is 1. The van der Waals surface area contributed by atoms with E-state index in [9.17, 15) is 24.1 Å². The number of benzene rings is 2. The molecule has 2 aromatic rings. The first-order valence-electron chi connectivity index (χ1n) is 16.3. The lowest BCUT2D eigenvalue weighted by Gasteiger charge is -2.45. The number of allylic oxidation sites excluding steroid dienone is 2. The maximum atomic E-state index is 14.6. The number of nitriles is 2. The van der Waals surface area contributed by atoms with Crippen LogP contribution in [0.1, 0.15) is 31.2 Å². The quantitative estimate of drug-likeness (QED) is 0.353. The zero-order chi connectivity index (χ0) is 33.6. The smallest absolute Gasteiger partial charge is 0.246 e. The highest BCUT2D eigenvalue weighted by molar-refractivity contribution is 6.36. The van der Waals surface area contributed by atoms with E-state index in [2.05, 4.69) is 28.5 Å². The fourth-order valence-corrected chi connectivity index (χ4v) is 8.51. The fourth-order valence-electron chi connectivity index (χ4n) is 8.24. The zero-order valence-corrected chi connectivity index (χ0v) is 27.2. The number of carbonyl (C=O) groups is 1. The molecule has 3 unspecified atom stereocenters. The van der Waals surface area contributed by atoms with Crippen LogP contribution in [0.5, 0.6) is 0 Å². The van der Waals surface area contributed by atoms with Crippen molar-refractivity contribution in [3.63, 3.8) is 0 Å². The summed E-state index contributed by atoms with van der Waals surface area (Å²) in [6.07, 6.45) is 8.55. The number of hydrogen-bond donors (Lipinski definition) is 0. The lowest BCUT2D eigenvalue weighted by molar-refractivity contribution is -0.130. The van der Waals surface area contributed by atoms with Crippen molar-refractivity contribution in [3.8, 4) is 12.1 Å². The van der Waals surface area contributed by atoms with Gasteiger partial charge in [0.1, 0.15) is 30.2 Å². The van der Waals surface area contributed by atoms with Gasteiger partial charge in [0.2, 0.25) is 11.8 Å². The largest absolute Gasteiger partial charge is 0.475 e. The molecular weight excluding hydrogens is 634 g/mol. The summed E-state index contributed by atoms with van der Waals surface area (Å²) >= 11 is 6.50. The number of aliphatic imine (C=N–C) groups is 1. The van der Waals surface area contributed by atoms with E-state index < -0.39 is 29.6 Å². The van der Waals surface area contributed by atoms with Crippen LogP contribution in [-0.2, 0) is 9.53 Å². The summed E-state index contributed by atoms with van der Waals surface area (Å²) in [7, 11) is 0. The van der Waals surface area contributed by atoms with Crippen molar-refractivity contribution >= 4 is 39.8 Å². The van der Waals surface area contributed by atoms with Crippen LogP contribution in [0.15, 0.2) is 77.5 Å². The summed E-state index contributed by atoms with van der Waals surface area (Å²) in [5.41, 5.74) is 2.13. The van der Waals surface area contributed by atoms with Gasteiger partial charge in [-0.15, -0.1) is 0 Å². The molecule has 8 nitrogen and oxygen atoms in total. The van der Waals surface area contributed by atoms with Crippen LogP contribution in [-0.4, -0.2) is 89.6 Å². The minimum atomic E-state index is -0.925. The molecule has 5 aliphatic rings. The summed E-state index contributed by atoms with van der Waals surface area (Å²) in [6.45, 7) is 6.16. The lowest BCUT2D eigenvalue weighted by Crippen LogP contribution is -2.56. The van der Waals surface area contributed by atoms with E-state index >= 15 is 0 Å². The first kappa shape index (κ1) is 32.1. The Bertz CT molecular complexity index is 1890. The van der Waals surface area contributed by atoms with Crippen molar-refractivity contribution in [2.75, 3.05) is 39.3 Å². The molecule has 4 heterocycles. The van der Waals surface area contributed by atoms with Crippen LogP contribution in [0, 0.1) is 34.4 Å². The van der Waals surface area contributed by atoms with Gasteiger partial charge in [-0.2, -0.15) is 10.5 Å². The summed E-state index contributed by atoms with van der Waals surface area (Å²) in [5, 5.41) is 21.7. The molecule has 3 fully saturated rings.